The first kappa shape index (κ1) is 9.57. The highest BCUT2D eigenvalue weighted by Gasteiger charge is 2.13. The van der Waals surface area contributed by atoms with Gasteiger partial charge in [0.25, 0.3) is 0 Å². The number of aromatic nitrogens is 2. The molecule has 0 fully saturated rings. The van der Waals surface area contributed by atoms with Crippen molar-refractivity contribution in [2.24, 2.45) is 0 Å². The van der Waals surface area contributed by atoms with Crippen LogP contribution in [0.1, 0.15) is 23.7 Å². The minimum Gasteiger partial charge on any atom is -0.465 e. The molecule has 0 aromatic carbocycles. The fraction of sp³-hybridized carbons (Fsp3) is 0.500. The molecule has 5 nitrogen and oxygen atoms in total. The third-order valence-corrected chi connectivity index (χ3v) is 1.65. The zero-order valence-electron chi connectivity index (χ0n) is 7.78. The summed E-state index contributed by atoms with van der Waals surface area (Å²) in [4.78, 5) is 11.1. The molecule has 13 heavy (non-hydrogen) atoms. The van der Waals surface area contributed by atoms with E-state index < -0.39 is 5.97 Å². The minimum absolute atomic E-state index is 0.223. The summed E-state index contributed by atoms with van der Waals surface area (Å²) >= 11 is 0. The Bertz CT molecular complexity index is 306. The summed E-state index contributed by atoms with van der Waals surface area (Å²) in [5, 5.41) is 3.96. The van der Waals surface area contributed by atoms with E-state index in [-0.39, 0.29) is 5.82 Å². The SMILES string of the molecule is CCCn1cc(C(=O)OC)c(N)n1. The average Bonchev–Trinajstić information content (AvgIpc) is 2.46. The van der Waals surface area contributed by atoms with E-state index in [4.69, 9.17) is 5.73 Å². The van der Waals surface area contributed by atoms with Crippen LogP contribution in [-0.2, 0) is 11.3 Å². The number of anilines is 1. The van der Waals surface area contributed by atoms with Crippen LogP contribution in [0.15, 0.2) is 6.20 Å². The van der Waals surface area contributed by atoms with E-state index in [2.05, 4.69) is 9.84 Å². The van der Waals surface area contributed by atoms with E-state index >= 15 is 0 Å². The normalized spacial score (nSPS) is 10.0. The summed E-state index contributed by atoms with van der Waals surface area (Å²) in [6, 6.07) is 0. The van der Waals surface area contributed by atoms with Gasteiger partial charge in [0.1, 0.15) is 5.56 Å². The zero-order valence-corrected chi connectivity index (χ0v) is 7.78. The third-order valence-electron chi connectivity index (χ3n) is 1.65. The van der Waals surface area contributed by atoms with E-state index in [1.54, 1.807) is 10.9 Å². The fourth-order valence-electron chi connectivity index (χ4n) is 1.05. The number of nitrogens with two attached hydrogens (primary N) is 1. The Balaban J connectivity index is 2.89. The van der Waals surface area contributed by atoms with Gasteiger partial charge in [-0.1, -0.05) is 6.92 Å². The van der Waals surface area contributed by atoms with Crippen LogP contribution >= 0.6 is 0 Å². The molecule has 0 saturated heterocycles. The Morgan fingerprint density at radius 1 is 1.77 bits per heavy atom. The zero-order chi connectivity index (χ0) is 9.84. The van der Waals surface area contributed by atoms with Gasteiger partial charge in [0.05, 0.1) is 7.11 Å². The lowest BCUT2D eigenvalue weighted by Gasteiger charge is -1.94. The second-order valence-corrected chi connectivity index (χ2v) is 2.68. The Labute approximate surface area is 76.5 Å². The van der Waals surface area contributed by atoms with Gasteiger partial charge in [0.2, 0.25) is 0 Å². The van der Waals surface area contributed by atoms with Crippen molar-refractivity contribution in [3.05, 3.63) is 11.8 Å². The van der Waals surface area contributed by atoms with Crippen molar-refractivity contribution >= 4 is 11.8 Å². The minimum atomic E-state index is -0.445. The number of ether oxygens (including phenoxy) is 1. The number of methoxy groups -OCH3 is 1. The van der Waals surface area contributed by atoms with Crippen LogP contribution in [-0.4, -0.2) is 22.9 Å². The summed E-state index contributed by atoms with van der Waals surface area (Å²) in [7, 11) is 1.32. The molecule has 1 rings (SSSR count). The molecule has 0 amide bonds. The molecule has 1 aromatic rings. The number of aryl methyl sites for hydroxylation is 1. The molecule has 0 aliphatic heterocycles. The van der Waals surface area contributed by atoms with Crippen LogP contribution in [0.25, 0.3) is 0 Å². The molecule has 0 radical (unpaired) electrons. The van der Waals surface area contributed by atoms with E-state index in [0.29, 0.717) is 5.56 Å². The van der Waals surface area contributed by atoms with E-state index in [1.807, 2.05) is 6.92 Å². The lowest BCUT2D eigenvalue weighted by molar-refractivity contribution is 0.0602. The average molecular weight is 183 g/mol. The Morgan fingerprint density at radius 3 is 3.00 bits per heavy atom. The van der Waals surface area contributed by atoms with E-state index in [9.17, 15) is 4.79 Å². The first-order valence-electron chi connectivity index (χ1n) is 4.10. The number of nitrogen functional groups attached to an aromatic ring is 1. The molecule has 0 unspecified atom stereocenters. The molecule has 2 N–H and O–H groups in total. The van der Waals surface area contributed by atoms with Gasteiger partial charge in [-0.3, -0.25) is 4.68 Å². The Hall–Kier alpha value is -1.52. The highest BCUT2D eigenvalue weighted by Crippen LogP contribution is 2.10. The summed E-state index contributed by atoms with van der Waals surface area (Å²) in [6.07, 6.45) is 2.55. The van der Waals surface area contributed by atoms with Crippen LogP contribution < -0.4 is 5.73 Å². The summed E-state index contributed by atoms with van der Waals surface area (Å²) < 4.78 is 6.18. The number of hydrogen-bond donors (Lipinski definition) is 1. The summed E-state index contributed by atoms with van der Waals surface area (Å²) in [5.41, 5.74) is 5.84. The van der Waals surface area contributed by atoms with Crippen LogP contribution in [0.3, 0.4) is 0 Å². The first-order chi connectivity index (χ1) is 6.19. The summed E-state index contributed by atoms with van der Waals surface area (Å²) in [5.74, 6) is -0.222. The number of hydrogen-bond acceptors (Lipinski definition) is 4. The molecule has 0 spiro atoms. The maximum Gasteiger partial charge on any atom is 0.343 e. The van der Waals surface area contributed by atoms with Crippen molar-refractivity contribution in [3.63, 3.8) is 0 Å². The van der Waals surface area contributed by atoms with Crippen molar-refractivity contribution in [2.45, 2.75) is 19.9 Å². The molecule has 5 heteroatoms. The molecule has 0 aliphatic rings. The van der Waals surface area contributed by atoms with Crippen LogP contribution in [0.2, 0.25) is 0 Å². The highest BCUT2D eigenvalue weighted by atomic mass is 16.5. The molecule has 0 atom stereocenters. The van der Waals surface area contributed by atoms with Crippen LogP contribution in [0.4, 0.5) is 5.82 Å². The van der Waals surface area contributed by atoms with E-state index in [0.717, 1.165) is 13.0 Å². The lowest BCUT2D eigenvalue weighted by Crippen LogP contribution is -2.02. The van der Waals surface area contributed by atoms with Gasteiger partial charge in [-0.25, -0.2) is 4.79 Å². The smallest absolute Gasteiger partial charge is 0.343 e. The van der Waals surface area contributed by atoms with Gasteiger partial charge >= 0.3 is 5.97 Å². The molecular weight excluding hydrogens is 170 g/mol. The molecule has 1 aromatic heterocycles. The van der Waals surface area contributed by atoms with Crippen LogP contribution in [0, 0.1) is 0 Å². The quantitative estimate of drug-likeness (QED) is 0.699. The highest BCUT2D eigenvalue weighted by molar-refractivity contribution is 5.93. The Kier molecular flexibility index (Phi) is 2.89. The molecule has 0 aliphatic carbocycles. The van der Waals surface area contributed by atoms with Gasteiger partial charge < -0.3 is 10.5 Å². The number of carbonyl (C=O) groups excluding carboxylic acids is 1. The summed E-state index contributed by atoms with van der Waals surface area (Å²) in [6.45, 7) is 2.77. The largest absolute Gasteiger partial charge is 0.465 e. The van der Waals surface area contributed by atoms with Crippen molar-refractivity contribution < 1.29 is 9.53 Å². The second kappa shape index (κ2) is 3.93. The van der Waals surface area contributed by atoms with Crippen molar-refractivity contribution in [3.8, 4) is 0 Å². The predicted molar refractivity (Wildman–Crippen MR) is 48.3 cm³/mol. The monoisotopic (exact) mass is 183 g/mol. The van der Waals surface area contributed by atoms with Gasteiger partial charge in [-0.05, 0) is 6.42 Å². The molecule has 0 bridgehead atoms. The molecule has 72 valence electrons. The maximum atomic E-state index is 11.1. The van der Waals surface area contributed by atoms with Gasteiger partial charge in [-0.2, -0.15) is 5.10 Å². The van der Waals surface area contributed by atoms with Gasteiger partial charge in [0.15, 0.2) is 5.82 Å². The standard InChI is InChI=1S/C8H13N3O2/c1-3-4-11-5-6(7(9)10-11)8(12)13-2/h5H,3-4H2,1-2H3,(H2,9,10). The molecule has 0 saturated carbocycles. The topological polar surface area (TPSA) is 70.1 Å². The fourth-order valence-corrected chi connectivity index (χ4v) is 1.05. The lowest BCUT2D eigenvalue weighted by atomic mass is 10.3. The number of rotatable bonds is 3. The first-order valence-corrected chi connectivity index (χ1v) is 4.10. The van der Waals surface area contributed by atoms with E-state index in [1.165, 1.54) is 7.11 Å². The Morgan fingerprint density at radius 2 is 2.46 bits per heavy atom. The predicted octanol–water partition coefficient (Wildman–Crippen LogP) is 0.662. The van der Waals surface area contributed by atoms with Crippen molar-refractivity contribution in [2.75, 3.05) is 12.8 Å². The van der Waals surface area contributed by atoms with Crippen molar-refractivity contribution in [1.82, 2.24) is 9.78 Å². The van der Waals surface area contributed by atoms with Crippen LogP contribution in [0.5, 0.6) is 0 Å². The number of esters is 1. The maximum absolute atomic E-state index is 11.1. The molecular formula is C8H13N3O2. The number of carbonyl (C=O) groups is 1. The second-order valence-electron chi connectivity index (χ2n) is 2.68. The number of nitrogens with zero attached hydrogens (tertiary/aromatic N) is 2. The third kappa shape index (κ3) is 1.99. The van der Waals surface area contributed by atoms with Gasteiger partial charge in [0, 0.05) is 12.7 Å². The van der Waals surface area contributed by atoms with Gasteiger partial charge in [-0.15, -0.1) is 0 Å². The van der Waals surface area contributed by atoms with Crippen molar-refractivity contribution in [1.29, 1.82) is 0 Å². The molecule has 1 heterocycles.